The van der Waals surface area contributed by atoms with Crippen molar-refractivity contribution in [1.82, 2.24) is 9.88 Å². The van der Waals surface area contributed by atoms with Crippen LogP contribution >= 0.6 is 0 Å². The quantitative estimate of drug-likeness (QED) is 0.380. The minimum absolute atomic E-state index is 0.257. The zero-order valence-corrected chi connectivity index (χ0v) is 17.7. The Morgan fingerprint density at radius 2 is 1.71 bits per heavy atom. The highest BCUT2D eigenvalue weighted by atomic mass is 19.2. The summed E-state index contributed by atoms with van der Waals surface area (Å²) in [5.41, 5.74) is 0.229. The van der Waals surface area contributed by atoms with Gasteiger partial charge in [-0.3, -0.25) is 14.4 Å². The van der Waals surface area contributed by atoms with Crippen LogP contribution in [0.15, 0.2) is 42.6 Å². The Morgan fingerprint density at radius 3 is 2.44 bits per heavy atom. The summed E-state index contributed by atoms with van der Waals surface area (Å²) in [6.45, 7) is -1.66. The average molecular weight is 477 g/mol. The second-order valence-corrected chi connectivity index (χ2v) is 6.89. The van der Waals surface area contributed by atoms with Gasteiger partial charge in [0.15, 0.2) is 24.1 Å². The van der Waals surface area contributed by atoms with Gasteiger partial charge in [0.2, 0.25) is 5.91 Å². The van der Waals surface area contributed by atoms with Gasteiger partial charge in [0.05, 0.1) is 24.9 Å². The molecule has 0 radical (unpaired) electrons. The maximum absolute atomic E-state index is 13.6. The van der Waals surface area contributed by atoms with Gasteiger partial charge >= 0.3 is 11.9 Å². The van der Waals surface area contributed by atoms with Crippen molar-refractivity contribution in [2.75, 3.05) is 25.6 Å². The van der Waals surface area contributed by atoms with E-state index >= 15 is 0 Å². The number of fused-ring (bicyclic) bond motifs is 1. The topological polar surface area (TPSA) is 116 Å². The summed E-state index contributed by atoms with van der Waals surface area (Å²) >= 11 is 0. The highest BCUT2D eigenvalue weighted by Crippen LogP contribution is 2.22. The molecule has 0 spiro atoms. The molecule has 3 rings (SSSR count). The van der Waals surface area contributed by atoms with Crippen molar-refractivity contribution in [2.24, 2.45) is 0 Å². The Kier molecular flexibility index (Phi) is 7.51. The summed E-state index contributed by atoms with van der Waals surface area (Å²) < 4.78 is 50.8. The van der Waals surface area contributed by atoms with E-state index in [0.717, 1.165) is 6.07 Å². The number of carbonyl (C=O) groups is 4. The zero-order chi connectivity index (χ0) is 24.8. The first kappa shape index (κ1) is 24.3. The van der Waals surface area contributed by atoms with Gasteiger partial charge in [0.1, 0.15) is 6.54 Å². The van der Waals surface area contributed by atoms with Crippen molar-refractivity contribution in [3.63, 3.8) is 0 Å². The molecule has 1 heterocycles. The van der Waals surface area contributed by atoms with E-state index in [9.17, 15) is 32.3 Å². The van der Waals surface area contributed by atoms with Crippen LogP contribution in [0, 0.1) is 17.5 Å². The fraction of sp³-hybridized carbons (Fsp3) is 0.182. The molecule has 0 aliphatic carbocycles. The molecule has 0 atom stereocenters. The van der Waals surface area contributed by atoms with Crippen LogP contribution in [0.2, 0.25) is 0 Å². The molecule has 3 aromatic rings. The average Bonchev–Trinajstić information content (AvgIpc) is 3.19. The van der Waals surface area contributed by atoms with Gasteiger partial charge in [-0.05, 0) is 18.2 Å². The van der Waals surface area contributed by atoms with Crippen molar-refractivity contribution in [3.8, 4) is 0 Å². The van der Waals surface area contributed by atoms with E-state index in [1.165, 1.54) is 17.9 Å². The number of esters is 2. The number of ether oxygens (including phenoxy) is 2. The molecule has 12 heteroatoms. The fourth-order valence-corrected chi connectivity index (χ4v) is 3.03. The Labute approximate surface area is 190 Å². The van der Waals surface area contributed by atoms with E-state index < -0.39 is 60.0 Å². The van der Waals surface area contributed by atoms with E-state index in [4.69, 9.17) is 9.47 Å². The van der Waals surface area contributed by atoms with Gasteiger partial charge in [-0.2, -0.15) is 0 Å². The number of benzene rings is 2. The van der Waals surface area contributed by atoms with E-state index in [-0.39, 0.29) is 12.1 Å². The first-order chi connectivity index (χ1) is 16.2. The number of amides is 2. The molecule has 0 fully saturated rings. The van der Waals surface area contributed by atoms with Crippen LogP contribution in [-0.2, 0) is 30.4 Å². The van der Waals surface area contributed by atoms with Gasteiger partial charge < -0.3 is 24.7 Å². The van der Waals surface area contributed by atoms with Crippen LogP contribution in [-0.4, -0.2) is 48.6 Å². The van der Waals surface area contributed by atoms with Crippen LogP contribution in [0.1, 0.15) is 10.4 Å². The van der Waals surface area contributed by atoms with E-state index in [1.807, 2.05) is 5.32 Å². The van der Waals surface area contributed by atoms with E-state index in [2.05, 4.69) is 5.32 Å². The van der Waals surface area contributed by atoms with Crippen molar-refractivity contribution in [2.45, 2.75) is 6.54 Å². The molecule has 0 saturated carbocycles. The molecule has 0 bridgehead atoms. The Morgan fingerprint density at radius 1 is 0.971 bits per heavy atom. The van der Waals surface area contributed by atoms with Crippen molar-refractivity contribution < 1.29 is 41.8 Å². The second kappa shape index (κ2) is 10.5. The molecular weight excluding hydrogens is 459 g/mol. The third kappa shape index (κ3) is 5.52. The Balaban J connectivity index is 1.50. The number of aromatic nitrogens is 1. The first-order valence-corrected chi connectivity index (χ1v) is 9.73. The van der Waals surface area contributed by atoms with Crippen LogP contribution in [0.25, 0.3) is 10.9 Å². The zero-order valence-electron chi connectivity index (χ0n) is 17.7. The smallest absolute Gasteiger partial charge is 0.340 e. The monoisotopic (exact) mass is 477 g/mol. The number of hydrogen-bond acceptors (Lipinski definition) is 6. The fourth-order valence-electron chi connectivity index (χ4n) is 3.03. The Hall–Kier alpha value is -4.35. The summed E-state index contributed by atoms with van der Waals surface area (Å²) in [6, 6.07) is 8.28. The highest BCUT2D eigenvalue weighted by molar-refractivity contribution is 6.04. The van der Waals surface area contributed by atoms with Crippen molar-refractivity contribution in [3.05, 3.63) is 65.6 Å². The second-order valence-electron chi connectivity index (χ2n) is 6.89. The minimum Gasteiger partial charge on any atom is -0.465 e. The summed E-state index contributed by atoms with van der Waals surface area (Å²) in [4.78, 5) is 47.7. The molecule has 1 aromatic heterocycles. The molecule has 2 N–H and O–H groups in total. The summed E-state index contributed by atoms with van der Waals surface area (Å²) in [7, 11) is 1.23. The van der Waals surface area contributed by atoms with E-state index in [1.54, 1.807) is 24.3 Å². The maximum Gasteiger partial charge on any atom is 0.340 e. The van der Waals surface area contributed by atoms with Gasteiger partial charge in [0, 0.05) is 17.1 Å². The lowest BCUT2D eigenvalue weighted by Gasteiger charge is -2.09. The minimum atomic E-state index is -1.75. The molecule has 34 heavy (non-hydrogen) atoms. The molecule has 2 amide bonds. The van der Waals surface area contributed by atoms with E-state index in [0.29, 0.717) is 17.0 Å². The first-order valence-electron chi connectivity index (χ1n) is 9.73. The molecule has 9 nitrogen and oxygen atoms in total. The van der Waals surface area contributed by atoms with Crippen LogP contribution in [0.4, 0.5) is 18.9 Å². The number of anilines is 1. The molecule has 2 aromatic carbocycles. The summed E-state index contributed by atoms with van der Waals surface area (Å²) in [6.07, 6.45) is 1.43. The van der Waals surface area contributed by atoms with Gasteiger partial charge in [-0.25, -0.2) is 18.0 Å². The number of carbonyl (C=O) groups excluding carboxylic acids is 4. The molecule has 0 saturated heterocycles. The predicted octanol–water partition coefficient (Wildman–Crippen LogP) is 2.14. The Bertz CT molecular complexity index is 1270. The number of nitrogens with zero attached hydrogens (tertiary/aromatic N) is 1. The number of methoxy groups -OCH3 is 1. The molecule has 0 aliphatic rings. The van der Waals surface area contributed by atoms with Gasteiger partial charge in [0.25, 0.3) is 5.91 Å². The summed E-state index contributed by atoms with van der Waals surface area (Å²) in [5.74, 6) is -7.87. The van der Waals surface area contributed by atoms with Gasteiger partial charge in [-0.15, -0.1) is 0 Å². The third-order valence-corrected chi connectivity index (χ3v) is 4.61. The summed E-state index contributed by atoms with van der Waals surface area (Å²) in [5, 5.41) is 4.69. The molecule has 178 valence electrons. The normalized spacial score (nSPS) is 10.6. The van der Waals surface area contributed by atoms with Crippen LogP contribution in [0.3, 0.4) is 0 Å². The number of nitrogens with one attached hydrogen (secondary N) is 2. The molecular formula is C22H18F3N3O6. The number of para-hydroxylation sites is 1. The number of hydrogen-bond donors (Lipinski definition) is 2. The number of rotatable bonds is 8. The van der Waals surface area contributed by atoms with Crippen molar-refractivity contribution in [1.29, 1.82) is 0 Å². The predicted molar refractivity (Wildman–Crippen MR) is 112 cm³/mol. The van der Waals surface area contributed by atoms with Gasteiger partial charge in [-0.1, -0.05) is 18.2 Å². The number of halogens is 3. The highest BCUT2D eigenvalue weighted by Gasteiger charge is 2.18. The largest absolute Gasteiger partial charge is 0.465 e. The lowest BCUT2D eigenvalue weighted by molar-refractivity contribution is -0.149. The SMILES string of the molecule is COC(=O)c1cn(CC(=O)OCC(=O)NCC(=O)Nc2ccc(F)c(F)c2F)c2ccccc12. The van der Waals surface area contributed by atoms with Crippen LogP contribution in [0.5, 0.6) is 0 Å². The standard InChI is InChI=1S/C22H18F3N3O6/c1-33-22(32)13-9-28(16-5-3-2-4-12(13)16)10-19(31)34-11-18(30)26-8-17(29)27-15-7-6-14(23)20(24)21(15)25/h2-7,9H,8,10-11H2,1H3,(H,26,30)(H,27,29). The van der Waals surface area contributed by atoms with Crippen LogP contribution < -0.4 is 10.6 Å². The lowest BCUT2D eigenvalue weighted by Crippen LogP contribution is -2.36. The molecule has 0 unspecified atom stereocenters. The maximum atomic E-state index is 13.6. The molecule has 0 aliphatic heterocycles. The lowest BCUT2D eigenvalue weighted by atomic mass is 10.2. The van der Waals surface area contributed by atoms with Crippen molar-refractivity contribution >= 4 is 40.3 Å². The third-order valence-electron chi connectivity index (χ3n) is 4.61.